The van der Waals surface area contributed by atoms with E-state index in [1.807, 2.05) is 90.1 Å². The number of alkyl halides is 4. The molecule has 14 rings (SSSR count). The van der Waals surface area contributed by atoms with Gasteiger partial charge in [-0.15, -0.1) is 0 Å². The van der Waals surface area contributed by atoms with Crippen LogP contribution < -0.4 is 9.47 Å². The van der Waals surface area contributed by atoms with Crippen molar-refractivity contribution in [1.29, 1.82) is 0 Å². The van der Waals surface area contributed by atoms with Crippen LogP contribution in [0.25, 0.3) is 0 Å². The van der Waals surface area contributed by atoms with Crippen molar-refractivity contribution in [3.63, 3.8) is 0 Å². The van der Waals surface area contributed by atoms with Gasteiger partial charge in [-0.05, 0) is 226 Å². The molecule has 484 valence electrons. The van der Waals surface area contributed by atoms with E-state index in [9.17, 15) is 46.6 Å². The summed E-state index contributed by atoms with van der Waals surface area (Å²) in [7, 11) is -0.390. The number of Topliss-reactive ketones (excluding diaryl/α,β-unsaturated/α-hetero) is 1. The number of carbonyl (C=O) groups is 5. The molecule has 4 unspecified atom stereocenters. The maximum absolute atomic E-state index is 12.9. The summed E-state index contributed by atoms with van der Waals surface area (Å²) in [6.45, 7) is 12.8. The van der Waals surface area contributed by atoms with E-state index in [0.29, 0.717) is 68.8 Å². The lowest BCUT2D eigenvalue weighted by Gasteiger charge is -2.59. The van der Waals surface area contributed by atoms with Gasteiger partial charge < -0.3 is 24.1 Å². The molecule has 6 aromatic rings. The number of benzene rings is 6. The van der Waals surface area contributed by atoms with Crippen molar-refractivity contribution in [1.82, 2.24) is 0 Å². The van der Waals surface area contributed by atoms with E-state index < -0.39 is 45.8 Å². The second kappa shape index (κ2) is 28.2. The Balaban J connectivity index is 0.000000146. The first-order valence-corrected chi connectivity index (χ1v) is 34.2. The molecule has 0 heterocycles. The van der Waals surface area contributed by atoms with Crippen LogP contribution in [-0.2, 0) is 55.2 Å². The van der Waals surface area contributed by atoms with E-state index in [4.69, 9.17) is 18.9 Å². The van der Waals surface area contributed by atoms with Gasteiger partial charge in [-0.2, -0.15) is 17.6 Å². The Morgan fingerprint density at radius 2 is 0.813 bits per heavy atom. The minimum Gasteiger partial charge on any atom is -0.461 e. The van der Waals surface area contributed by atoms with Gasteiger partial charge in [-0.1, -0.05) is 86.6 Å². The van der Waals surface area contributed by atoms with Crippen LogP contribution in [0.1, 0.15) is 139 Å². The van der Waals surface area contributed by atoms with E-state index in [0.717, 1.165) is 57.8 Å². The Kier molecular flexibility index (Phi) is 21.3. The number of hydrogen-bond donors (Lipinski definition) is 1. The van der Waals surface area contributed by atoms with Crippen LogP contribution in [0.5, 0.6) is 11.5 Å². The highest BCUT2D eigenvalue weighted by molar-refractivity contribution is 7.97. The molecule has 8 bridgehead atoms. The Morgan fingerprint density at radius 1 is 0.462 bits per heavy atom. The standard InChI is InChI=1S/2C24H25O2S.C14H20F2O3.C13H16F2O3/c2*1-4-24(2,3)23(25)26-19-15-17-22(18-16-19)27(20-11-7-5-8-12-20)21-13-9-6-10-14-21;1-12(15,16)11(17)19-8-13-3-9-2-10(4-13)6-14(18,5-9)7-13;1-12(14,15)11(17)18-13-4-7-2-8(5-13)10(16)9(3-7)6-13/h2*5-18H,4H2,1-3H3;9-10,18H,2-8H2,1H3;7-9H,2-6H2,1H3/q2*+1;;. The van der Waals surface area contributed by atoms with Gasteiger partial charge in [0, 0.05) is 31.1 Å². The summed E-state index contributed by atoms with van der Waals surface area (Å²) in [4.78, 5) is 66.5. The van der Waals surface area contributed by atoms with Crippen molar-refractivity contribution >= 4 is 51.5 Å². The van der Waals surface area contributed by atoms with Crippen LogP contribution >= 0.6 is 0 Å². The van der Waals surface area contributed by atoms with Crippen molar-refractivity contribution in [2.75, 3.05) is 6.61 Å². The fraction of sp³-hybridized carbons (Fsp3) is 0.453. The molecule has 0 saturated heterocycles. The highest BCUT2D eigenvalue weighted by Gasteiger charge is 2.59. The zero-order valence-electron chi connectivity index (χ0n) is 53.4. The first kappa shape index (κ1) is 68.6. The maximum atomic E-state index is 12.9. The second-order valence-electron chi connectivity index (χ2n) is 27.4. The molecule has 10 nitrogen and oxygen atoms in total. The minimum absolute atomic E-state index is 0.0323. The van der Waals surface area contributed by atoms with Crippen LogP contribution in [0.15, 0.2) is 199 Å². The first-order valence-electron chi connectivity index (χ1n) is 31.8. The number of aliphatic hydroxyl groups is 1. The predicted molar refractivity (Wildman–Crippen MR) is 344 cm³/mol. The number of halogens is 4. The van der Waals surface area contributed by atoms with Gasteiger partial charge >= 0.3 is 35.7 Å². The van der Waals surface area contributed by atoms with Crippen LogP contribution in [0.4, 0.5) is 17.6 Å². The SMILES string of the molecule is CC(F)(F)C(=O)OC12CC3CC(C1)C(=O)C(C3)C2.CC(F)(F)C(=O)OCC12CC3CC(CC(O)(C3)C1)C2.CCC(C)(C)C(=O)Oc1ccc([S+](c2ccccc2)c2ccccc2)cc1.CCC(C)(C)C(=O)Oc1ccc([S+](c2ccccc2)c2ccccc2)cc1. The summed E-state index contributed by atoms with van der Waals surface area (Å²) in [6, 6.07) is 57.8. The zero-order chi connectivity index (χ0) is 65.6. The number of esters is 4. The lowest BCUT2D eigenvalue weighted by molar-refractivity contribution is -0.207. The summed E-state index contributed by atoms with van der Waals surface area (Å²) in [5.74, 6) is -7.59. The highest BCUT2D eigenvalue weighted by Crippen LogP contribution is 2.62. The van der Waals surface area contributed by atoms with Gasteiger partial charge in [0.1, 0.15) is 22.9 Å². The number of ketones is 1. The van der Waals surface area contributed by atoms with Gasteiger partial charge in [-0.3, -0.25) is 14.4 Å². The van der Waals surface area contributed by atoms with Crippen molar-refractivity contribution in [3.05, 3.63) is 170 Å². The van der Waals surface area contributed by atoms with Crippen molar-refractivity contribution in [3.8, 4) is 11.5 Å². The van der Waals surface area contributed by atoms with Crippen molar-refractivity contribution < 1.29 is 65.6 Å². The molecule has 0 aliphatic heterocycles. The third-order valence-electron chi connectivity index (χ3n) is 19.0. The van der Waals surface area contributed by atoms with Crippen LogP contribution in [0, 0.1) is 45.8 Å². The normalized spacial score (nSPS) is 24.4. The maximum Gasteiger partial charge on any atom is 0.377 e. The second-order valence-corrected chi connectivity index (χ2v) is 31.5. The fourth-order valence-electron chi connectivity index (χ4n) is 14.1. The summed E-state index contributed by atoms with van der Waals surface area (Å²) in [6.07, 6.45) is 9.88. The fourth-order valence-corrected chi connectivity index (χ4v) is 18.3. The molecule has 4 atom stereocenters. The van der Waals surface area contributed by atoms with Crippen LogP contribution in [-0.4, -0.2) is 64.4 Å². The Morgan fingerprint density at radius 3 is 1.14 bits per heavy atom. The average molecular weight is 1290 g/mol. The van der Waals surface area contributed by atoms with Crippen LogP contribution in [0.3, 0.4) is 0 Å². The monoisotopic (exact) mass is 1290 g/mol. The molecular weight excluding hydrogens is 1200 g/mol. The molecule has 0 amide bonds. The summed E-state index contributed by atoms with van der Waals surface area (Å²) >= 11 is 0. The lowest BCUT2D eigenvalue weighted by atomic mass is 9.48. The average Bonchev–Trinajstić information content (AvgIpc) is 0.756. The third kappa shape index (κ3) is 17.1. The molecule has 8 aliphatic rings. The third-order valence-corrected chi connectivity index (χ3v) is 23.4. The summed E-state index contributed by atoms with van der Waals surface area (Å²) in [5.41, 5.74) is -2.65. The predicted octanol–water partition coefficient (Wildman–Crippen LogP) is 17.1. The topological polar surface area (TPSA) is 142 Å². The van der Waals surface area contributed by atoms with E-state index in [1.54, 1.807) is 0 Å². The van der Waals surface area contributed by atoms with E-state index in [2.05, 4.69) is 121 Å². The molecule has 8 aliphatic carbocycles. The largest absolute Gasteiger partial charge is 0.461 e. The Labute approximate surface area is 539 Å². The molecule has 91 heavy (non-hydrogen) atoms. The first-order chi connectivity index (χ1) is 43.0. The molecule has 0 spiro atoms. The van der Waals surface area contributed by atoms with Gasteiger partial charge in [-0.25, -0.2) is 9.59 Å². The molecule has 8 saturated carbocycles. The minimum atomic E-state index is -3.45. The molecule has 6 aromatic carbocycles. The smallest absolute Gasteiger partial charge is 0.377 e. The Hall–Kier alpha value is -6.75. The number of rotatable bonds is 17. The highest BCUT2D eigenvalue weighted by atomic mass is 32.2. The van der Waals surface area contributed by atoms with Crippen molar-refractivity contribution in [2.24, 2.45) is 45.8 Å². The van der Waals surface area contributed by atoms with E-state index in [-0.39, 0.29) is 63.4 Å². The van der Waals surface area contributed by atoms with Crippen molar-refractivity contribution in [2.45, 2.75) is 191 Å². The number of ether oxygens (including phenoxy) is 4. The molecular formula is C75H86F4O10S2+2. The summed E-state index contributed by atoms with van der Waals surface area (Å²) in [5, 5.41) is 10.5. The van der Waals surface area contributed by atoms with Crippen LogP contribution in [0.2, 0.25) is 0 Å². The van der Waals surface area contributed by atoms with E-state index in [1.165, 1.54) is 29.4 Å². The molecule has 8 fully saturated rings. The van der Waals surface area contributed by atoms with E-state index >= 15 is 0 Å². The molecule has 1 N–H and O–H groups in total. The van der Waals surface area contributed by atoms with Gasteiger partial charge in [0.15, 0.2) is 29.4 Å². The lowest BCUT2D eigenvalue weighted by Crippen LogP contribution is -2.57. The number of hydrogen-bond acceptors (Lipinski definition) is 10. The molecule has 16 heteroatoms. The quantitative estimate of drug-likeness (QED) is 0.0406. The molecule has 0 radical (unpaired) electrons. The van der Waals surface area contributed by atoms with Gasteiger partial charge in [0.25, 0.3) is 0 Å². The Bertz CT molecular complexity index is 3180. The molecule has 0 aromatic heterocycles. The van der Waals surface area contributed by atoms with Gasteiger partial charge in [0.05, 0.1) is 44.8 Å². The van der Waals surface area contributed by atoms with Gasteiger partial charge in [0.2, 0.25) is 0 Å². The zero-order valence-corrected chi connectivity index (χ0v) is 55.0. The number of carbonyl (C=O) groups excluding carboxylic acids is 5. The summed E-state index contributed by atoms with van der Waals surface area (Å²) < 4.78 is 72.6.